The number of anilines is 2. The van der Waals surface area contributed by atoms with Gasteiger partial charge in [0, 0.05) is 11.1 Å². The number of carbonyl (C=O) groups is 1. The molecule has 0 radical (unpaired) electrons. The number of nitrogens with two attached hydrogens (primary N) is 1. The molecular weight excluding hydrogens is 276 g/mol. The summed E-state index contributed by atoms with van der Waals surface area (Å²) >= 11 is 0. The van der Waals surface area contributed by atoms with E-state index in [9.17, 15) is 4.79 Å². The minimum absolute atomic E-state index is 0. The van der Waals surface area contributed by atoms with Crippen molar-refractivity contribution in [3.05, 3.63) is 18.2 Å². The van der Waals surface area contributed by atoms with Crippen molar-refractivity contribution >= 4 is 29.7 Å². The predicted octanol–water partition coefficient (Wildman–Crippen LogP) is 3.61. The maximum atomic E-state index is 12.5. The molecule has 2 rings (SSSR count). The largest absolute Gasteiger partial charge is 0.495 e. The molecule has 1 aromatic rings. The summed E-state index contributed by atoms with van der Waals surface area (Å²) in [5.41, 5.74) is 6.94. The third kappa shape index (κ3) is 3.18. The molecule has 1 amide bonds. The molecule has 112 valence electrons. The maximum absolute atomic E-state index is 12.5. The summed E-state index contributed by atoms with van der Waals surface area (Å²) in [4.78, 5) is 12.5. The van der Waals surface area contributed by atoms with E-state index >= 15 is 0 Å². The second-order valence-electron chi connectivity index (χ2n) is 5.25. The highest BCUT2D eigenvalue weighted by Crippen LogP contribution is 2.42. The van der Waals surface area contributed by atoms with E-state index in [0.29, 0.717) is 11.4 Å². The second kappa shape index (κ2) is 6.84. The van der Waals surface area contributed by atoms with Gasteiger partial charge in [0.1, 0.15) is 5.75 Å². The van der Waals surface area contributed by atoms with Crippen LogP contribution in [0.1, 0.15) is 39.0 Å². The van der Waals surface area contributed by atoms with E-state index < -0.39 is 0 Å². The molecule has 0 saturated heterocycles. The number of amides is 1. The molecule has 4 nitrogen and oxygen atoms in total. The molecule has 0 aliphatic heterocycles. The monoisotopic (exact) mass is 298 g/mol. The Labute approximate surface area is 126 Å². The van der Waals surface area contributed by atoms with Crippen LogP contribution in [0.5, 0.6) is 5.75 Å². The fraction of sp³-hybridized carbons (Fsp3) is 0.533. The van der Waals surface area contributed by atoms with Gasteiger partial charge in [-0.2, -0.15) is 0 Å². The van der Waals surface area contributed by atoms with Gasteiger partial charge in [-0.15, -0.1) is 12.4 Å². The van der Waals surface area contributed by atoms with Gasteiger partial charge >= 0.3 is 0 Å². The van der Waals surface area contributed by atoms with E-state index in [1.807, 2.05) is 6.07 Å². The van der Waals surface area contributed by atoms with Gasteiger partial charge in [0.15, 0.2) is 0 Å². The van der Waals surface area contributed by atoms with Gasteiger partial charge < -0.3 is 15.8 Å². The summed E-state index contributed by atoms with van der Waals surface area (Å²) in [6.07, 6.45) is 5.16. The van der Waals surface area contributed by atoms with Crippen LogP contribution in [0.25, 0.3) is 0 Å². The Morgan fingerprint density at radius 1 is 1.40 bits per heavy atom. The summed E-state index contributed by atoms with van der Waals surface area (Å²) in [6, 6.07) is 5.35. The number of hydrogen-bond donors (Lipinski definition) is 2. The van der Waals surface area contributed by atoms with Crippen LogP contribution in [-0.4, -0.2) is 13.0 Å². The van der Waals surface area contributed by atoms with Gasteiger partial charge in [-0.1, -0.05) is 19.8 Å². The van der Waals surface area contributed by atoms with Gasteiger partial charge in [0.05, 0.1) is 12.8 Å². The predicted molar refractivity (Wildman–Crippen MR) is 84.5 cm³/mol. The van der Waals surface area contributed by atoms with Gasteiger partial charge in [0.2, 0.25) is 5.91 Å². The van der Waals surface area contributed by atoms with Crippen molar-refractivity contribution in [1.82, 2.24) is 0 Å². The third-order valence-electron chi connectivity index (χ3n) is 4.21. The van der Waals surface area contributed by atoms with Crippen LogP contribution in [0.3, 0.4) is 0 Å². The van der Waals surface area contributed by atoms with Crippen LogP contribution in [0.4, 0.5) is 11.4 Å². The van der Waals surface area contributed by atoms with Crippen molar-refractivity contribution in [2.24, 2.45) is 5.41 Å². The Hall–Kier alpha value is -1.42. The topological polar surface area (TPSA) is 64.3 Å². The Morgan fingerprint density at radius 3 is 2.55 bits per heavy atom. The first-order valence-electron chi connectivity index (χ1n) is 6.86. The van der Waals surface area contributed by atoms with E-state index in [2.05, 4.69) is 12.2 Å². The highest BCUT2D eigenvalue weighted by molar-refractivity contribution is 5.96. The van der Waals surface area contributed by atoms with Gasteiger partial charge in [-0.05, 0) is 37.5 Å². The standard InChI is InChI=1S/C15H22N2O2.ClH/c1-3-15(8-4-5-9-15)14(18)17-11-6-7-13(19-2)12(16)10-11;/h6-7,10H,3-5,8-9,16H2,1-2H3,(H,17,18);1H. The summed E-state index contributed by atoms with van der Waals surface area (Å²) in [7, 11) is 1.58. The summed E-state index contributed by atoms with van der Waals surface area (Å²) in [6.45, 7) is 2.09. The zero-order chi connectivity index (χ0) is 13.9. The van der Waals surface area contributed by atoms with E-state index in [-0.39, 0.29) is 23.7 Å². The molecule has 20 heavy (non-hydrogen) atoms. The first kappa shape index (κ1) is 16.6. The summed E-state index contributed by atoms with van der Waals surface area (Å²) < 4.78 is 5.11. The van der Waals surface area contributed by atoms with E-state index in [1.165, 1.54) is 0 Å². The number of halogens is 1. The van der Waals surface area contributed by atoms with Gasteiger partial charge in [-0.25, -0.2) is 0 Å². The number of methoxy groups -OCH3 is 1. The molecule has 0 aromatic heterocycles. The highest BCUT2D eigenvalue weighted by atomic mass is 35.5. The Bertz CT molecular complexity index is 471. The molecule has 0 unspecified atom stereocenters. The molecule has 1 saturated carbocycles. The molecular formula is C15H23ClN2O2. The average Bonchev–Trinajstić information content (AvgIpc) is 2.89. The first-order chi connectivity index (χ1) is 9.11. The molecule has 0 bridgehead atoms. The average molecular weight is 299 g/mol. The smallest absolute Gasteiger partial charge is 0.230 e. The van der Waals surface area contributed by atoms with Crippen LogP contribution < -0.4 is 15.8 Å². The lowest BCUT2D eigenvalue weighted by Gasteiger charge is -2.26. The van der Waals surface area contributed by atoms with Crippen molar-refractivity contribution < 1.29 is 9.53 Å². The normalized spacial score (nSPS) is 16.3. The van der Waals surface area contributed by atoms with Crippen LogP contribution >= 0.6 is 12.4 Å². The Balaban J connectivity index is 0.00000200. The maximum Gasteiger partial charge on any atom is 0.230 e. The molecule has 0 heterocycles. The van der Waals surface area contributed by atoms with Crippen molar-refractivity contribution in [1.29, 1.82) is 0 Å². The summed E-state index contributed by atoms with van der Waals surface area (Å²) in [5, 5.41) is 2.99. The first-order valence-corrected chi connectivity index (χ1v) is 6.86. The fourth-order valence-electron chi connectivity index (χ4n) is 2.87. The summed E-state index contributed by atoms with van der Waals surface area (Å²) in [5.74, 6) is 0.751. The molecule has 1 aliphatic rings. The molecule has 3 N–H and O–H groups in total. The van der Waals surface area contributed by atoms with Crippen LogP contribution in [0.15, 0.2) is 18.2 Å². The molecule has 1 aromatic carbocycles. The SMILES string of the molecule is CCC1(C(=O)Nc2ccc(OC)c(N)c2)CCCC1.Cl. The molecule has 0 atom stereocenters. The zero-order valence-electron chi connectivity index (χ0n) is 12.1. The zero-order valence-corrected chi connectivity index (χ0v) is 12.9. The molecule has 1 aliphatic carbocycles. The second-order valence-corrected chi connectivity index (χ2v) is 5.25. The number of hydrogen-bond acceptors (Lipinski definition) is 3. The van der Waals surface area contributed by atoms with Crippen molar-refractivity contribution in [2.75, 3.05) is 18.2 Å². The number of benzene rings is 1. The van der Waals surface area contributed by atoms with Crippen LogP contribution in [0, 0.1) is 5.41 Å². The molecule has 1 fully saturated rings. The van der Waals surface area contributed by atoms with Gasteiger partial charge in [-0.3, -0.25) is 4.79 Å². The molecule has 5 heteroatoms. The highest BCUT2D eigenvalue weighted by Gasteiger charge is 2.39. The number of rotatable bonds is 4. The van der Waals surface area contributed by atoms with Crippen molar-refractivity contribution in [2.45, 2.75) is 39.0 Å². The minimum Gasteiger partial charge on any atom is -0.495 e. The number of ether oxygens (including phenoxy) is 1. The lowest BCUT2D eigenvalue weighted by molar-refractivity contribution is -0.125. The molecule has 0 spiro atoms. The van der Waals surface area contributed by atoms with Crippen molar-refractivity contribution in [3.8, 4) is 5.75 Å². The minimum atomic E-state index is -0.186. The van der Waals surface area contributed by atoms with E-state index in [0.717, 1.165) is 37.8 Å². The van der Waals surface area contributed by atoms with Crippen LogP contribution in [-0.2, 0) is 4.79 Å². The lowest BCUT2D eigenvalue weighted by Crippen LogP contribution is -2.33. The van der Waals surface area contributed by atoms with Crippen molar-refractivity contribution in [3.63, 3.8) is 0 Å². The number of carbonyl (C=O) groups excluding carboxylic acids is 1. The Kier molecular flexibility index (Phi) is 5.69. The number of nitrogen functional groups attached to an aromatic ring is 1. The van der Waals surface area contributed by atoms with E-state index in [1.54, 1.807) is 19.2 Å². The van der Waals surface area contributed by atoms with Gasteiger partial charge in [0.25, 0.3) is 0 Å². The number of nitrogens with one attached hydrogen (secondary N) is 1. The quantitative estimate of drug-likeness (QED) is 0.835. The lowest BCUT2D eigenvalue weighted by atomic mass is 9.82. The van der Waals surface area contributed by atoms with Crippen LogP contribution in [0.2, 0.25) is 0 Å². The Morgan fingerprint density at radius 2 is 2.05 bits per heavy atom. The third-order valence-corrected chi connectivity index (χ3v) is 4.21. The fourth-order valence-corrected chi connectivity index (χ4v) is 2.87. The van der Waals surface area contributed by atoms with E-state index in [4.69, 9.17) is 10.5 Å².